The van der Waals surface area contributed by atoms with E-state index in [2.05, 4.69) is 11.4 Å². The summed E-state index contributed by atoms with van der Waals surface area (Å²) in [5, 5.41) is 68.5. The fourth-order valence-electron chi connectivity index (χ4n) is 5.97. The Morgan fingerprint density at radius 2 is 1.37 bits per heavy atom. The highest BCUT2D eigenvalue weighted by atomic mass is 16.5. The molecule has 0 unspecified atom stereocenters. The van der Waals surface area contributed by atoms with E-state index >= 15 is 0 Å². The van der Waals surface area contributed by atoms with Crippen LogP contribution < -0.4 is 5.32 Å². The molecule has 0 fully saturated rings. The lowest BCUT2D eigenvalue weighted by molar-refractivity contribution is -0.0892. The number of para-hydroxylation sites is 1. The number of rotatable bonds is 6. The van der Waals surface area contributed by atoms with Gasteiger partial charge in [-0.05, 0) is 80.8 Å². The molecule has 234 valence electrons. The smallest absolute Gasteiger partial charge is 0.311 e. The predicted molar refractivity (Wildman–Crippen MR) is 178 cm³/mol. The van der Waals surface area contributed by atoms with Crippen molar-refractivity contribution in [2.45, 2.75) is 45.4 Å². The van der Waals surface area contributed by atoms with Gasteiger partial charge in [0.15, 0.2) is 11.5 Å². The van der Waals surface area contributed by atoms with E-state index in [1.54, 1.807) is 26.0 Å². The molecule has 2 aromatic heterocycles. The van der Waals surface area contributed by atoms with Gasteiger partial charge >= 0.3 is 7.48 Å². The van der Waals surface area contributed by atoms with E-state index in [0.717, 1.165) is 49.7 Å². The zero-order chi connectivity index (χ0) is 32.7. The number of aliphatic hydroxyl groups is 1. The summed E-state index contributed by atoms with van der Waals surface area (Å²) in [5.74, 6) is -3.65. The van der Waals surface area contributed by atoms with Crippen LogP contribution in [-0.4, -0.2) is 53.9 Å². The zero-order valence-electron chi connectivity index (χ0n) is 25.7. The Morgan fingerprint density at radius 3 is 2.07 bits per heavy atom. The van der Waals surface area contributed by atoms with E-state index in [9.17, 15) is 30.6 Å². The van der Waals surface area contributed by atoms with E-state index in [1.807, 2.05) is 62.5 Å². The second kappa shape index (κ2) is 10.1. The van der Waals surface area contributed by atoms with Crippen molar-refractivity contribution in [1.29, 1.82) is 0 Å². The molecule has 0 spiro atoms. The van der Waals surface area contributed by atoms with Crippen LogP contribution in [0.1, 0.15) is 39.0 Å². The van der Waals surface area contributed by atoms with Crippen molar-refractivity contribution in [2.24, 2.45) is 0 Å². The first kappa shape index (κ1) is 29.5. The van der Waals surface area contributed by atoms with E-state index in [0.29, 0.717) is 17.6 Å². The lowest BCUT2D eigenvalue weighted by atomic mass is 9.77. The van der Waals surface area contributed by atoms with Crippen LogP contribution in [0.3, 0.4) is 0 Å². The number of phenols is 5. The summed E-state index contributed by atoms with van der Waals surface area (Å²) in [6.45, 7) is 7.71. The van der Waals surface area contributed by atoms with Crippen LogP contribution in [0.25, 0.3) is 55.1 Å². The SMILES string of the molecule is CC(C)(O)C(C)(C)OBC1=CNCc2oc3ccc(-c4ccc5c(c4)c4ccccc4n5-c4c(O)c(O)c(O)c(O)c4O)cc3c21. The topological polar surface area (TPSA) is 161 Å². The van der Waals surface area contributed by atoms with Crippen LogP contribution in [0, 0.1) is 0 Å². The zero-order valence-corrected chi connectivity index (χ0v) is 25.7. The molecule has 0 radical (unpaired) electrons. The van der Waals surface area contributed by atoms with Gasteiger partial charge in [-0.15, -0.1) is 0 Å². The molecule has 1 aliphatic heterocycles. The maximum atomic E-state index is 10.8. The summed E-state index contributed by atoms with van der Waals surface area (Å²) in [6, 6.07) is 19.1. The van der Waals surface area contributed by atoms with Crippen molar-refractivity contribution in [3.05, 3.63) is 78.2 Å². The predicted octanol–water partition coefficient (Wildman–Crippen LogP) is 6.04. The minimum Gasteiger partial charge on any atom is -0.503 e. The van der Waals surface area contributed by atoms with Gasteiger partial charge in [-0.2, -0.15) is 0 Å². The Bertz CT molecular complexity index is 2210. The van der Waals surface area contributed by atoms with Crippen molar-refractivity contribution < 1.29 is 39.7 Å². The third kappa shape index (κ3) is 4.34. The van der Waals surface area contributed by atoms with Gasteiger partial charge in [0.25, 0.3) is 0 Å². The molecule has 10 nitrogen and oxygen atoms in total. The molecule has 0 amide bonds. The number of nitrogens with one attached hydrogen (secondary N) is 1. The maximum absolute atomic E-state index is 10.8. The highest BCUT2D eigenvalue weighted by molar-refractivity contribution is 6.56. The lowest BCUT2D eigenvalue weighted by Gasteiger charge is -2.38. The number of furan rings is 1. The average Bonchev–Trinajstić information content (AvgIpc) is 3.57. The maximum Gasteiger partial charge on any atom is 0.311 e. The number of hydrogen-bond acceptors (Lipinski definition) is 9. The Kier molecular flexibility index (Phi) is 6.49. The summed E-state index contributed by atoms with van der Waals surface area (Å²) in [7, 11) is 0.267. The Morgan fingerprint density at radius 1 is 0.761 bits per heavy atom. The summed E-state index contributed by atoms with van der Waals surface area (Å²) < 4.78 is 14.0. The molecule has 7 N–H and O–H groups in total. The number of phenolic OH excluding ortho intramolecular Hbond substituents is 5. The molecule has 0 aliphatic carbocycles. The van der Waals surface area contributed by atoms with Gasteiger partial charge in [-0.25, -0.2) is 0 Å². The van der Waals surface area contributed by atoms with Gasteiger partial charge in [0.05, 0.1) is 28.8 Å². The lowest BCUT2D eigenvalue weighted by Crippen LogP contribution is -2.48. The molecule has 1 aliphatic rings. The first-order chi connectivity index (χ1) is 21.8. The minimum atomic E-state index is -1.05. The van der Waals surface area contributed by atoms with Crippen molar-refractivity contribution in [1.82, 2.24) is 9.88 Å². The van der Waals surface area contributed by atoms with Gasteiger partial charge in [-0.1, -0.05) is 30.3 Å². The molecular formula is C35H33BN2O8. The molecule has 6 aromatic rings. The van der Waals surface area contributed by atoms with E-state index < -0.39 is 39.9 Å². The van der Waals surface area contributed by atoms with E-state index in [1.165, 1.54) is 4.57 Å². The largest absolute Gasteiger partial charge is 0.503 e. The van der Waals surface area contributed by atoms with Crippen LogP contribution in [0.2, 0.25) is 0 Å². The molecule has 4 aromatic carbocycles. The number of aromatic nitrogens is 1. The van der Waals surface area contributed by atoms with Gasteiger partial charge in [-0.3, -0.25) is 0 Å². The van der Waals surface area contributed by atoms with Crippen LogP contribution in [0.5, 0.6) is 28.7 Å². The first-order valence-electron chi connectivity index (χ1n) is 14.9. The van der Waals surface area contributed by atoms with Crippen LogP contribution in [-0.2, 0) is 11.2 Å². The summed E-state index contributed by atoms with van der Waals surface area (Å²) in [6.07, 6.45) is 1.93. The van der Waals surface area contributed by atoms with Crippen LogP contribution in [0.15, 0.2) is 71.3 Å². The molecule has 46 heavy (non-hydrogen) atoms. The van der Waals surface area contributed by atoms with E-state index in [4.69, 9.17) is 9.07 Å². The monoisotopic (exact) mass is 620 g/mol. The molecule has 11 heteroatoms. The van der Waals surface area contributed by atoms with Gasteiger partial charge in [0.1, 0.15) is 17.0 Å². The molecular weight excluding hydrogens is 587 g/mol. The second-order valence-corrected chi connectivity index (χ2v) is 12.7. The third-order valence-corrected chi connectivity index (χ3v) is 9.26. The second-order valence-electron chi connectivity index (χ2n) is 12.7. The molecule has 0 saturated heterocycles. The van der Waals surface area contributed by atoms with Crippen molar-refractivity contribution in [3.8, 4) is 45.6 Å². The van der Waals surface area contributed by atoms with Gasteiger partial charge in [0, 0.05) is 21.7 Å². The molecule has 0 atom stereocenters. The Hall–Kier alpha value is -5.26. The first-order valence-corrected chi connectivity index (χ1v) is 14.9. The number of benzene rings is 4. The Labute approximate surface area is 264 Å². The number of hydrogen-bond donors (Lipinski definition) is 7. The fraction of sp³-hybridized carbons (Fsp3) is 0.200. The normalized spacial score (nSPS) is 13.6. The van der Waals surface area contributed by atoms with Crippen molar-refractivity contribution in [2.75, 3.05) is 0 Å². The van der Waals surface area contributed by atoms with Gasteiger partial charge < -0.3 is 49.6 Å². The average molecular weight is 620 g/mol. The molecule has 0 saturated carbocycles. The van der Waals surface area contributed by atoms with Crippen LogP contribution in [0.4, 0.5) is 0 Å². The number of nitrogens with zero attached hydrogens (tertiary/aromatic N) is 1. The summed E-state index contributed by atoms with van der Waals surface area (Å²) in [5.41, 5.74) is 3.51. The standard InChI is InChI=1S/C35H33BN2O8/c1-34(2,44)35(3,4)46-36-22-15-37-16-26-27(22)21-14-18(10-12-25(21)45-26)17-9-11-24-20(13-17)19-7-5-6-8-23(19)38(24)28-29(39)31(41)33(43)32(42)30(28)40/h5-15,36-37,39-44H,16H2,1-4H3. The van der Waals surface area contributed by atoms with Crippen molar-refractivity contribution in [3.63, 3.8) is 0 Å². The highest BCUT2D eigenvalue weighted by Gasteiger charge is 2.36. The van der Waals surface area contributed by atoms with Crippen molar-refractivity contribution >= 4 is 45.7 Å². The number of aromatic hydroxyl groups is 5. The molecule has 7 rings (SSSR count). The highest BCUT2D eigenvalue weighted by Crippen LogP contribution is 2.54. The molecule has 0 bridgehead atoms. The Balaban J connectivity index is 1.36. The van der Waals surface area contributed by atoms with E-state index in [-0.39, 0.29) is 13.2 Å². The minimum absolute atomic E-state index is 0.263. The van der Waals surface area contributed by atoms with Gasteiger partial charge in [0.2, 0.25) is 17.2 Å². The number of fused-ring (bicyclic) bond motifs is 6. The summed E-state index contributed by atoms with van der Waals surface area (Å²) >= 11 is 0. The third-order valence-electron chi connectivity index (χ3n) is 9.26. The summed E-state index contributed by atoms with van der Waals surface area (Å²) in [4.78, 5) is 0. The molecule has 3 heterocycles. The quantitative estimate of drug-likeness (QED) is 0.0669. The fourth-order valence-corrected chi connectivity index (χ4v) is 5.97. The van der Waals surface area contributed by atoms with Crippen LogP contribution >= 0.6 is 0 Å².